The number of anilines is 2. The molecule has 2 amide bonds. The molecule has 0 aliphatic carbocycles. The van der Waals surface area contributed by atoms with Crippen LogP contribution in [0.3, 0.4) is 0 Å². The van der Waals surface area contributed by atoms with E-state index in [0.29, 0.717) is 12.0 Å². The molecule has 0 radical (unpaired) electrons. The van der Waals surface area contributed by atoms with Crippen LogP contribution in [-0.2, 0) is 11.2 Å². The van der Waals surface area contributed by atoms with E-state index in [1.807, 2.05) is 30.3 Å². The van der Waals surface area contributed by atoms with Gasteiger partial charge in [-0.3, -0.25) is 9.59 Å². The van der Waals surface area contributed by atoms with Gasteiger partial charge in [0.05, 0.1) is 6.42 Å². The molecule has 2 N–H and O–H groups in total. The molecule has 0 unspecified atom stereocenters. The van der Waals surface area contributed by atoms with Crippen molar-refractivity contribution in [1.82, 2.24) is 0 Å². The molecule has 0 spiro atoms. The van der Waals surface area contributed by atoms with E-state index in [1.165, 1.54) is 0 Å². The highest BCUT2D eigenvalue weighted by Crippen LogP contribution is 2.24. The van der Waals surface area contributed by atoms with Crippen LogP contribution in [0.2, 0.25) is 0 Å². The van der Waals surface area contributed by atoms with Crippen LogP contribution in [-0.4, -0.2) is 11.8 Å². The van der Waals surface area contributed by atoms with Gasteiger partial charge in [0.25, 0.3) is 5.91 Å². The Bertz CT molecular complexity index is 713. The molecule has 0 saturated heterocycles. The average molecular weight is 378 g/mol. The number of benzene rings is 2. The maximum absolute atomic E-state index is 12.2. The van der Waals surface area contributed by atoms with Gasteiger partial charge < -0.3 is 10.6 Å². The standard InChI is InChI=1S/C15H11IN2O2/c16-11-2-1-3-12(8-11)17-15(20)10-5-4-9-7-14(19)18-13(9)6-10/h1-6,8H,7H2,(H,17,20)(H,18,19). The summed E-state index contributed by atoms with van der Waals surface area (Å²) in [6, 6.07) is 12.9. The first-order chi connectivity index (χ1) is 9.61. The lowest BCUT2D eigenvalue weighted by Crippen LogP contribution is -2.12. The van der Waals surface area contributed by atoms with Crippen molar-refractivity contribution in [2.45, 2.75) is 6.42 Å². The highest BCUT2D eigenvalue weighted by Gasteiger charge is 2.19. The van der Waals surface area contributed by atoms with Crippen LogP contribution in [0.15, 0.2) is 42.5 Å². The summed E-state index contributed by atoms with van der Waals surface area (Å²) in [5, 5.41) is 5.59. The highest BCUT2D eigenvalue weighted by atomic mass is 127. The minimum Gasteiger partial charge on any atom is -0.326 e. The summed E-state index contributed by atoms with van der Waals surface area (Å²) in [5.74, 6) is -0.217. The lowest BCUT2D eigenvalue weighted by atomic mass is 10.1. The third-order valence-corrected chi connectivity index (χ3v) is 3.75. The zero-order valence-corrected chi connectivity index (χ0v) is 12.6. The summed E-state index contributed by atoms with van der Waals surface area (Å²) in [6.45, 7) is 0. The predicted octanol–water partition coefficient (Wildman–Crippen LogP) is 3.04. The van der Waals surface area contributed by atoms with Gasteiger partial charge in [-0.05, 0) is 58.5 Å². The van der Waals surface area contributed by atoms with Crippen molar-refractivity contribution < 1.29 is 9.59 Å². The van der Waals surface area contributed by atoms with Crippen molar-refractivity contribution in [3.63, 3.8) is 0 Å². The molecule has 1 heterocycles. The summed E-state index contributed by atoms with van der Waals surface area (Å²) >= 11 is 2.19. The number of carbonyl (C=O) groups excluding carboxylic acids is 2. The Hall–Kier alpha value is -1.89. The van der Waals surface area contributed by atoms with Gasteiger partial charge in [-0.25, -0.2) is 0 Å². The number of fused-ring (bicyclic) bond motifs is 1. The maximum Gasteiger partial charge on any atom is 0.255 e. The van der Waals surface area contributed by atoms with Crippen LogP contribution < -0.4 is 10.6 Å². The lowest BCUT2D eigenvalue weighted by molar-refractivity contribution is -0.115. The molecule has 0 atom stereocenters. The van der Waals surface area contributed by atoms with E-state index in [0.717, 1.165) is 20.5 Å². The van der Waals surface area contributed by atoms with Gasteiger partial charge in [-0.2, -0.15) is 0 Å². The summed E-state index contributed by atoms with van der Waals surface area (Å²) in [6.07, 6.45) is 0.383. The van der Waals surface area contributed by atoms with Gasteiger partial charge in [0.15, 0.2) is 0 Å². The zero-order valence-electron chi connectivity index (χ0n) is 10.4. The van der Waals surface area contributed by atoms with Gasteiger partial charge in [0.2, 0.25) is 5.91 Å². The third kappa shape index (κ3) is 2.67. The van der Waals surface area contributed by atoms with E-state index in [2.05, 4.69) is 33.2 Å². The second kappa shape index (κ2) is 5.24. The van der Waals surface area contributed by atoms with Crippen LogP contribution >= 0.6 is 22.6 Å². The maximum atomic E-state index is 12.2. The molecule has 5 heteroatoms. The number of hydrogen-bond acceptors (Lipinski definition) is 2. The Morgan fingerprint density at radius 3 is 2.85 bits per heavy atom. The van der Waals surface area contributed by atoms with E-state index in [1.54, 1.807) is 12.1 Å². The monoisotopic (exact) mass is 378 g/mol. The van der Waals surface area contributed by atoms with Gasteiger partial charge in [0, 0.05) is 20.5 Å². The van der Waals surface area contributed by atoms with Crippen LogP contribution in [0, 0.1) is 3.57 Å². The molecule has 20 heavy (non-hydrogen) atoms. The smallest absolute Gasteiger partial charge is 0.255 e. The SMILES string of the molecule is O=C1Cc2ccc(C(=O)Nc3cccc(I)c3)cc2N1. The molecule has 100 valence electrons. The normalized spacial score (nSPS) is 12.8. The molecule has 1 aliphatic heterocycles. The Kier molecular flexibility index (Phi) is 3.43. The van der Waals surface area contributed by atoms with Crippen molar-refractivity contribution in [1.29, 1.82) is 0 Å². The van der Waals surface area contributed by atoms with Gasteiger partial charge >= 0.3 is 0 Å². The van der Waals surface area contributed by atoms with Crippen LogP contribution in [0.25, 0.3) is 0 Å². The summed E-state index contributed by atoms with van der Waals surface area (Å²) in [4.78, 5) is 23.5. The molecule has 0 bridgehead atoms. The second-order valence-corrected chi connectivity index (χ2v) is 5.81. The Morgan fingerprint density at radius 2 is 2.05 bits per heavy atom. The molecular formula is C15H11IN2O2. The first-order valence-electron chi connectivity index (χ1n) is 6.11. The number of hydrogen-bond donors (Lipinski definition) is 2. The minimum atomic E-state index is -0.184. The molecule has 2 aromatic rings. The van der Waals surface area contributed by atoms with Crippen molar-refractivity contribution in [2.24, 2.45) is 0 Å². The summed E-state index contributed by atoms with van der Waals surface area (Å²) < 4.78 is 1.06. The van der Waals surface area contributed by atoms with Crippen molar-refractivity contribution in [2.75, 3.05) is 10.6 Å². The van der Waals surface area contributed by atoms with Crippen LogP contribution in [0.1, 0.15) is 15.9 Å². The van der Waals surface area contributed by atoms with E-state index in [4.69, 9.17) is 0 Å². The van der Waals surface area contributed by atoms with E-state index in [9.17, 15) is 9.59 Å². The fraction of sp³-hybridized carbons (Fsp3) is 0.0667. The third-order valence-electron chi connectivity index (χ3n) is 3.08. The first-order valence-corrected chi connectivity index (χ1v) is 7.19. The van der Waals surface area contributed by atoms with Crippen molar-refractivity contribution in [3.8, 4) is 0 Å². The summed E-state index contributed by atoms with van der Waals surface area (Å²) in [5.41, 5.74) is 2.95. The number of rotatable bonds is 2. The first kappa shape index (κ1) is 13.1. The molecule has 4 nitrogen and oxygen atoms in total. The van der Waals surface area contributed by atoms with Gasteiger partial charge in [0.1, 0.15) is 0 Å². The van der Waals surface area contributed by atoms with Crippen LogP contribution in [0.4, 0.5) is 11.4 Å². The Balaban J connectivity index is 1.81. The molecule has 0 saturated carbocycles. The predicted molar refractivity (Wildman–Crippen MR) is 85.9 cm³/mol. The number of carbonyl (C=O) groups is 2. The molecule has 0 fully saturated rings. The minimum absolute atomic E-state index is 0.0322. The molecule has 0 aromatic heterocycles. The zero-order chi connectivity index (χ0) is 14.1. The second-order valence-electron chi connectivity index (χ2n) is 4.56. The van der Waals surface area contributed by atoms with Crippen molar-refractivity contribution >= 4 is 45.8 Å². The highest BCUT2D eigenvalue weighted by molar-refractivity contribution is 14.1. The molecule has 1 aliphatic rings. The quantitative estimate of drug-likeness (QED) is 0.790. The van der Waals surface area contributed by atoms with Gasteiger partial charge in [-0.1, -0.05) is 12.1 Å². The summed E-state index contributed by atoms with van der Waals surface area (Å²) in [7, 11) is 0. The van der Waals surface area contributed by atoms with Crippen molar-refractivity contribution in [3.05, 3.63) is 57.2 Å². The van der Waals surface area contributed by atoms with E-state index in [-0.39, 0.29) is 11.8 Å². The Labute approximate surface area is 129 Å². The molecule has 3 rings (SSSR count). The number of halogens is 1. The number of amides is 2. The average Bonchev–Trinajstić information content (AvgIpc) is 2.77. The fourth-order valence-electron chi connectivity index (χ4n) is 2.13. The lowest BCUT2D eigenvalue weighted by Gasteiger charge is -2.07. The Morgan fingerprint density at radius 1 is 1.20 bits per heavy atom. The van der Waals surface area contributed by atoms with E-state index < -0.39 is 0 Å². The fourth-order valence-corrected chi connectivity index (χ4v) is 2.67. The van der Waals surface area contributed by atoms with Crippen LogP contribution in [0.5, 0.6) is 0 Å². The molecule has 2 aromatic carbocycles. The largest absolute Gasteiger partial charge is 0.326 e. The molecular weight excluding hydrogens is 367 g/mol. The van der Waals surface area contributed by atoms with Gasteiger partial charge in [-0.15, -0.1) is 0 Å². The topological polar surface area (TPSA) is 58.2 Å². The van der Waals surface area contributed by atoms with E-state index >= 15 is 0 Å². The number of nitrogens with one attached hydrogen (secondary N) is 2.